The monoisotopic (exact) mass is 277 g/mol. The van der Waals surface area contributed by atoms with Crippen LogP contribution in [0.1, 0.15) is 22.3 Å². The summed E-state index contributed by atoms with van der Waals surface area (Å²) < 4.78 is 0. The molecule has 5 nitrogen and oxygen atoms in total. The van der Waals surface area contributed by atoms with Gasteiger partial charge >= 0.3 is 5.97 Å². The van der Waals surface area contributed by atoms with Crippen LogP contribution in [0.5, 0.6) is 0 Å². The van der Waals surface area contributed by atoms with Gasteiger partial charge in [-0.05, 0) is 43.7 Å². The Kier molecular flexibility index (Phi) is 5.38. The molecule has 2 rings (SSSR count). The van der Waals surface area contributed by atoms with Gasteiger partial charge in [-0.1, -0.05) is 0 Å². The molecule has 0 amide bonds. The van der Waals surface area contributed by atoms with Gasteiger partial charge in [0.2, 0.25) is 0 Å². The summed E-state index contributed by atoms with van der Waals surface area (Å²) in [7, 11) is 0. The summed E-state index contributed by atoms with van der Waals surface area (Å²) in [6, 6.07) is 5.21. The molecule has 0 radical (unpaired) electrons. The molecule has 110 valence electrons. The molecule has 1 fully saturated rings. The van der Waals surface area contributed by atoms with Crippen molar-refractivity contribution in [2.24, 2.45) is 0 Å². The number of carbonyl (C=O) groups is 1. The first kappa shape index (κ1) is 14.8. The maximum atomic E-state index is 10.9. The van der Waals surface area contributed by atoms with Crippen molar-refractivity contribution in [1.29, 1.82) is 0 Å². The fourth-order valence-corrected chi connectivity index (χ4v) is 2.46. The minimum atomic E-state index is -0.877. The number of aromatic carboxylic acids is 1. The average Bonchev–Trinajstić information content (AvgIpc) is 2.46. The van der Waals surface area contributed by atoms with Crippen molar-refractivity contribution in [3.63, 3.8) is 0 Å². The van der Waals surface area contributed by atoms with Gasteiger partial charge in [-0.25, -0.2) is 4.79 Å². The quantitative estimate of drug-likeness (QED) is 0.686. The van der Waals surface area contributed by atoms with E-state index in [1.807, 2.05) is 13.0 Å². The third kappa shape index (κ3) is 4.21. The fraction of sp³-hybridized carbons (Fsp3) is 0.533. The van der Waals surface area contributed by atoms with Gasteiger partial charge in [-0.2, -0.15) is 0 Å². The number of piperazine rings is 1. The third-order valence-corrected chi connectivity index (χ3v) is 3.65. The van der Waals surface area contributed by atoms with Crippen molar-refractivity contribution in [3.8, 4) is 0 Å². The summed E-state index contributed by atoms with van der Waals surface area (Å²) in [5, 5.41) is 15.7. The van der Waals surface area contributed by atoms with E-state index in [-0.39, 0.29) is 0 Å². The largest absolute Gasteiger partial charge is 0.478 e. The molecule has 0 unspecified atom stereocenters. The number of hydrogen-bond acceptors (Lipinski definition) is 4. The Labute approximate surface area is 120 Å². The van der Waals surface area contributed by atoms with E-state index in [0.29, 0.717) is 5.56 Å². The molecule has 1 aliphatic heterocycles. The summed E-state index contributed by atoms with van der Waals surface area (Å²) in [6.07, 6.45) is 1.10. The third-order valence-electron chi connectivity index (χ3n) is 3.65. The van der Waals surface area contributed by atoms with Gasteiger partial charge < -0.3 is 20.6 Å². The van der Waals surface area contributed by atoms with Gasteiger partial charge in [0.1, 0.15) is 0 Å². The smallest absolute Gasteiger partial charge is 0.335 e. The second kappa shape index (κ2) is 7.26. The number of aryl methyl sites for hydroxylation is 1. The van der Waals surface area contributed by atoms with Crippen LogP contribution in [-0.2, 0) is 0 Å². The Balaban J connectivity index is 1.74. The SMILES string of the molecule is Cc1cc(C(=O)O)ccc1NCCCN1CCNCC1. The zero-order chi connectivity index (χ0) is 14.4. The summed E-state index contributed by atoms with van der Waals surface area (Å²) in [5.41, 5.74) is 2.34. The van der Waals surface area contributed by atoms with Crippen LogP contribution in [0.25, 0.3) is 0 Å². The normalized spacial score (nSPS) is 16.1. The minimum Gasteiger partial charge on any atom is -0.478 e. The molecule has 20 heavy (non-hydrogen) atoms. The van der Waals surface area contributed by atoms with E-state index in [1.54, 1.807) is 12.1 Å². The van der Waals surface area contributed by atoms with Crippen molar-refractivity contribution in [3.05, 3.63) is 29.3 Å². The molecule has 0 bridgehead atoms. The summed E-state index contributed by atoms with van der Waals surface area (Å²) >= 11 is 0. The van der Waals surface area contributed by atoms with Gasteiger partial charge in [0.05, 0.1) is 5.56 Å². The number of nitrogens with zero attached hydrogens (tertiary/aromatic N) is 1. The first-order valence-electron chi connectivity index (χ1n) is 7.18. The topological polar surface area (TPSA) is 64.6 Å². The second-order valence-electron chi connectivity index (χ2n) is 5.21. The molecule has 1 aliphatic rings. The zero-order valence-corrected chi connectivity index (χ0v) is 12.0. The van der Waals surface area contributed by atoms with Crippen LogP contribution in [0, 0.1) is 6.92 Å². The molecule has 1 aromatic carbocycles. The zero-order valence-electron chi connectivity index (χ0n) is 12.0. The van der Waals surface area contributed by atoms with Gasteiger partial charge in [0, 0.05) is 38.4 Å². The highest BCUT2D eigenvalue weighted by Crippen LogP contribution is 2.16. The number of carboxylic acids is 1. The van der Waals surface area contributed by atoms with E-state index in [2.05, 4.69) is 15.5 Å². The van der Waals surface area contributed by atoms with E-state index in [4.69, 9.17) is 5.11 Å². The van der Waals surface area contributed by atoms with Crippen molar-refractivity contribution in [2.45, 2.75) is 13.3 Å². The lowest BCUT2D eigenvalue weighted by molar-refractivity contribution is 0.0697. The lowest BCUT2D eigenvalue weighted by Crippen LogP contribution is -2.44. The highest BCUT2D eigenvalue weighted by Gasteiger charge is 2.09. The number of rotatable bonds is 6. The number of hydrogen-bond donors (Lipinski definition) is 3. The van der Waals surface area contributed by atoms with Gasteiger partial charge in [0.25, 0.3) is 0 Å². The molecule has 0 spiro atoms. The van der Waals surface area contributed by atoms with Crippen LogP contribution in [0.3, 0.4) is 0 Å². The Morgan fingerprint density at radius 2 is 2.15 bits per heavy atom. The van der Waals surface area contributed by atoms with Gasteiger partial charge in [-0.3, -0.25) is 0 Å². The molecule has 0 aliphatic carbocycles. The highest BCUT2D eigenvalue weighted by atomic mass is 16.4. The van der Waals surface area contributed by atoms with E-state index in [0.717, 1.165) is 56.9 Å². The summed E-state index contributed by atoms with van der Waals surface area (Å²) in [6.45, 7) is 8.40. The van der Waals surface area contributed by atoms with Crippen molar-refractivity contribution in [2.75, 3.05) is 44.6 Å². The van der Waals surface area contributed by atoms with E-state index in [1.165, 1.54) is 0 Å². The number of benzene rings is 1. The number of carboxylic acid groups (broad SMARTS) is 1. The molecule has 0 aromatic heterocycles. The Hall–Kier alpha value is -1.59. The maximum absolute atomic E-state index is 10.9. The van der Waals surface area contributed by atoms with Crippen molar-refractivity contribution in [1.82, 2.24) is 10.2 Å². The molecule has 1 aromatic rings. The van der Waals surface area contributed by atoms with Crippen molar-refractivity contribution < 1.29 is 9.90 Å². The summed E-state index contributed by atoms with van der Waals surface area (Å²) in [5.74, 6) is -0.877. The first-order valence-corrected chi connectivity index (χ1v) is 7.18. The number of anilines is 1. The Morgan fingerprint density at radius 3 is 2.80 bits per heavy atom. The van der Waals surface area contributed by atoms with Crippen LogP contribution in [0.2, 0.25) is 0 Å². The van der Waals surface area contributed by atoms with E-state index in [9.17, 15) is 4.79 Å². The lowest BCUT2D eigenvalue weighted by Gasteiger charge is -2.27. The molecule has 0 atom stereocenters. The van der Waals surface area contributed by atoms with Crippen molar-refractivity contribution >= 4 is 11.7 Å². The summed E-state index contributed by atoms with van der Waals surface area (Å²) in [4.78, 5) is 13.3. The minimum absolute atomic E-state index is 0.342. The van der Waals surface area contributed by atoms with Gasteiger partial charge in [0.15, 0.2) is 0 Å². The highest BCUT2D eigenvalue weighted by molar-refractivity contribution is 5.88. The van der Waals surface area contributed by atoms with E-state index < -0.39 is 5.97 Å². The fourth-order valence-electron chi connectivity index (χ4n) is 2.46. The molecule has 1 heterocycles. The molecule has 5 heteroatoms. The Bertz CT molecular complexity index is 456. The van der Waals surface area contributed by atoms with Crippen LogP contribution >= 0.6 is 0 Å². The molecule has 0 saturated carbocycles. The molecule has 3 N–H and O–H groups in total. The van der Waals surface area contributed by atoms with E-state index >= 15 is 0 Å². The molecule has 1 saturated heterocycles. The maximum Gasteiger partial charge on any atom is 0.335 e. The Morgan fingerprint density at radius 1 is 1.40 bits per heavy atom. The van der Waals surface area contributed by atoms with Gasteiger partial charge in [-0.15, -0.1) is 0 Å². The molecular weight excluding hydrogens is 254 g/mol. The van der Waals surface area contributed by atoms with Crippen LogP contribution in [0.4, 0.5) is 5.69 Å². The second-order valence-corrected chi connectivity index (χ2v) is 5.21. The average molecular weight is 277 g/mol. The van der Waals surface area contributed by atoms with Crippen LogP contribution < -0.4 is 10.6 Å². The van der Waals surface area contributed by atoms with Crippen LogP contribution in [-0.4, -0.2) is 55.2 Å². The lowest BCUT2D eigenvalue weighted by atomic mass is 10.1. The standard InChI is InChI=1S/C15H23N3O2/c1-12-11-13(15(19)20)3-4-14(12)17-5-2-8-18-9-6-16-7-10-18/h3-4,11,16-17H,2,5-10H2,1H3,(H,19,20). The predicted molar refractivity (Wildman–Crippen MR) is 80.6 cm³/mol. The number of nitrogens with one attached hydrogen (secondary N) is 2. The molecular formula is C15H23N3O2. The first-order chi connectivity index (χ1) is 9.66. The van der Waals surface area contributed by atoms with Crippen LogP contribution in [0.15, 0.2) is 18.2 Å². The predicted octanol–water partition coefficient (Wildman–Crippen LogP) is 1.40.